The number of hydrogen-bond donors (Lipinski definition) is 1. The molecule has 0 atom stereocenters. The van der Waals surface area contributed by atoms with Gasteiger partial charge in [0.2, 0.25) is 0 Å². The second kappa shape index (κ2) is 9.68. The molecular weight excluding hydrogens is 51.0 g/mol. The van der Waals surface area contributed by atoms with Crippen molar-refractivity contribution < 1.29 is 29.0 Å². The van der Waals surface area contributed by atoms with E-state index in [0.29, 0.717) is 0 Å². The Labute approximate surface area is 36.9 Å². The predicted molar refractivity (Wildman–Crippen MR) is 9.07 cm³/mol. The van der Waals surface area contributed by atoms with Crippen LogP contribution < -0.4 is 18.9 Å². The van der Waals surface area contributed by atoms with E-state index in [9.17, 15) is 0 Å². The standard InChI is InChI=1S/CH3O2.Li/c1-3-2;/h2H,1H2;/q-1;+1. The van der Waals surface area contributed by atoms with E-state index in [1.54, 1.807) is 0 Å². The fourth-order valence-electron chi connectivity index (χ4n) is 0. The fraction of sp³-hybridized carbons (Fsp3) is 0. The molecule has 0 rings (SSSR count). The Morgan fingerprint density at radius 3 is 1.75 bits per heavy atom. The van der Waals surface area contributed by atoms with Crippen LogP contribution in [0.15, 0.2) is 0 Å². The van der Waals surface area contributed by atoms with E-state index in [0.717, 1.165) is 0 Å². The third kappa shape index (κ3) is 21.7. The van der Waals surface area contributed by atoms with Crippen molar-refractivity contribution in [3.05, 3.63) is 7.11 Å². The Hall–Kier alpha value is 0.517. The molecule has 0 aromatic rings. The van der Waals surface area contributed by atoms with E-state index in [2.05, 4.69) is 12.0 Å². The van der Waals surface area contributed by atoms with Gasteiger partial charge in [-0.05, 0) is 0 Å². The van der Waals surface area contributed by atoms with Crippen LogP contribution in [0.25, 0.3) is 0 Å². The second-order valence-electron chi connectivity index (χ2n) is 0.129. The summed E-state index contributed by atoms with van der Waals surface area (Å²) in [6.45, 7) is 0. The molecule has 2 nitrogen and oxygen atoms in total. The van der Waals surface area contributed by atoms with Gasteiger partial charge < -0.3 is 4.89 Å². The summed E-state index contributed by atoms with van der Waals surface area (Å²) < 4.78 is 0. The van der Waals surface area contributed by atoms with Crippen LogP contribution in [0.5, 0.6) is 0 Å². The molecule has 0 saturated heterocycles. The van der Waals surface area contributed by atoms with Gasteiger partial charge in [0.25, 0.3) is 0 Å². The van der Waals surface area contributed by atoms with Gasteiger partial charge in [0.15, 0.2) is 0 Å². The average Bonchev–Trinajstić information content (AvgIpc) is 0.918. The molecule has 0 saturated carbocycles. The SMILES string of the molecule is [CH2-]OO.[Li+]. The number of rotatable bonds is 0. The molecular formula is CH3LiO2. The summed E-state index contributed by atoms with van der Waals surface area (Å²) in [6.07, 6.45) is 0. The van der Waals surface area contributed by atoms with Crippen LogP contribution in [0.2, 0.25) is 0 Å². The zero-order chi connectivity index (χ0) is 2.71. The first-order chi connectivity index (χ1) is 1.41. The summed E-state index contributed by atoms with van der Waals surface area (Å²) in [5.41, 5.74) is 0. The summed E-state index contributed by atoms with van der Waals surface area (Å²) >= 11 is 0. The molecule has 1 N–H and O–H groups in total. The molecule has 0 aromatic heterocycles. The maximum absolute atomic E-state index is 6.96. The van der Waals surface area contributed by atoms with Gasteiger partial charge in [-0.3, -0.25) is 5.26 Å². The van der Waals surface area contributed by atoms with Gasteiger partial charge in [-0.1, -0.05) is 0 Å². The van der Waals surface area contributed by atoms with Crippen LogP contribution in [0.1, 0.15) is 0 Å². The minimum absolute atomic E-state index is 0. The van der Waals surface area contributed by atoms with E-state index in [1.165, 1.54) is 0 Å². The van der Waals surface area contributed by atoms with Crippen molar-refractivity contribution in [3.63, 3.8) is 0 Å². The fourth-order valence-corrected chi connectivity index (χ4v) is 0. The van der Waals surface area contributed by atoms with E-state index < -0.39 is 0 Å². The summed E-state index contributed by atoms with van der Waals surface area (Å²) in [4.78, 5) is 3.00. The van der Waals surface area contributed by atoms with Gasteiger partial charge in [-0.2, -0.15) is 7.11 Å². The van der Waals surface area contributed by atoms with Crippen LogP contribution >= 0.6 is 0 Å². The van der Waals surface area contributed by atoms with Gasteiger partial charge in [-0.25, -0.2) is 0 Å². The monoisotopic (exact) mass is 54.0 g/mol. The average molecular weight is 54.0 g/mol. The van der Waals surface area contributed by atoms with Gasteiger partial charge >= 0.3 is 18.9 Å². The molecule has 0 spiro atoms. The second-order valence-corrected chi connectivity index (χ2v) is 0.129. The van der Waals surface area contributed by atoms with Crippen molar-refractivity contribution in [1.82, 2.24) is 0 Å². The van der Waals surface area contributed by atoms with Crippen LogP contribution in [0.4, 0.5) is 0 Å². The normalized spacial score (nSPS) is 4.50. The molecule has 0 unspecified atom stereocenters. The Balaban J connectivity index is 0. The Kier molecular flexibility index (Phi) is 21.3. The Morgan fingerprint density at radius 2 is 1.75 bits per heavy atom. The summed E-state index contributed by atoms with van der Waals surface area (Å²) in [5.74, 6) is 0. The molecule has 0 bridgehead atoms. The molecule has 0 amide bonds. The van der Waals surface area contributed by atoms with Crippen molar-refractivity contribution in [2.45, 2.75) is 0 Å². The third-order valence-electron chi connectivity index (χ3n) is 0. The maximum Gasteiger partial charge on any atom is 1.00 e. The molecule has 0 radical (unpaired) electrons. The molecule has 4 heavy (non-hydrogen) atoms. The number of hydrogen-bond acceptors (Lipinski definition) is 2. The topological polar surface area (TPSA) is 29.5 Å². The maximum atomic E-state index is 6.96. The van der Waals surface area contributed by atoms with Crippen LogP contribution in [0.3, 0.4) is 0 Å². The molecule has 0 aliphatic carbocycles. The predicted octanol–water partition coefficient (Wildman–Crippen LogP) is -2.73. The molecule has 0 fully saturated rings. The minimum atomic E-state index is 0. The molecule has 20 valence electrons. The largest absolute Gasteiger partial charge is 1.00 e. The van der Waals surface area contributed by atoms with E-state index in [1.807, 2.05) is 0 Å². The van der Waals surface area contributed by atoms with Crippen LogP contribution in [0, 0.1) is 7.11 Å². The zero-order valence-electron chi connectivity index (χ0n) is 2.56. The first kappa shape index (κ1) is 8.82. The van der Waals surface area contributed by atoms with Crippen molar-refractivity contribution in [2.24, 2.45) is 0 Å². The first-order valence-electron chi connectivity index (χ1n) is 0.471. The zero-order valence-corrected chi connectivity index (χ0v) is 2.56. The molecule has 0 aliphatic rings. The van der Waals surface area contributed by atoms with E-state index in [-0.39, 0.29) is 18.9 Å². The molecule has 0 aromatic carbocycles. The minimum Gasteiger partial charge on any atom is -0.419 e. The quantitative estimate of drug-likeness (QED) is 0.141. The van der Waals surface area contributed by atoms with Crippen LogP contribution in [-0.2, 0) is 4.89 Å². The first-order valence-corrected chi connectivity index (χ1v) is 0.471. The van der Waals surface area contributed by atoms with Crippen molar-refractivity contribution >= 4 is 0 Å². The van der Waals surface area contributed by atoms with Gasteiger partial charge in [0, 0.05) is 0 Å². The molecule has 3 heteroatoms. The Morgan fingerprint density at radius 1 is 1.75 bits per heavy atom. The van der Waals surface area contributed by atoms with Gasteiger partial charge in [0.1, 0.15) is 0 Å². The summed E-state index contributed by atoms with van der Waals surface area (Å²) in [7, 11) is 2.54. The van der Waals surface area contributed by atoms with Crippen molar-refractivity contribution in [2.75, 3.05) is 0 Å². The third-order valence-corrected chi connectivity index (χ3v) is 0. The van der Waals surface area contributed by atoms with E-state index >= 15 is 0 Å². The van der Waals surface area contributed by atoms with Crippen LogP contribution in [-0.4, -0.2) is 5.26 Å². The Bertz CT molecular complexity index is 6.00. The summed E-state index contributed by atoms with van der Waals surface area (Å²) in [6, 6.07) is 0. The van der Waals surface area contributed by atoms with Crippen molar-refractivity contribution in [3.8, 4) is 0 Å². The van der Waals surface area contributed by atoms with E-state index in [4.69, 9.17) is 5.26 Å². The van der Waals surface area contributed by atoms with Crippen molar-refractivity contribution in [1.29, 1.82) is 0 Å². The van der Waals surface area contributed by atoms with Gasteiger partial charge in [0.05, 0.1) is 0 Å². The molecule has 0 heterocycles. The van der Waals surface area contributed by atoms with Gasteiger partial charge in [-0.15, -0.1) is 0 Å². The summed E-state index contributed by atoms with van der Waals surface area (Å²) in [5, 5.41) is 6.96. The molecule has 0 aliphatic heterocycles. The smallest absolute Gasteiger partial charge is 0.419 e.